The molecule has 1 heterocycles. The van der Waals surface area contributed by atoms with Gasteiger partial charge in [0.15, 0.2) is 0 Å². The molecule has 0 radical (unpaired) electrons. The lowest BCUT2D eigenvalue weighted by Crippen LogP contribution is -2.13. The summed E-state index contributed by atoms with van der Waals surface area (Å²) in [6.45, 7) is 3.99. The largest absolute Gasteiger partial charge is 0.272 e. The Labute approximate surface area is 98.3 Å². The zero-order valence-corrected chi connectivity index (χ0v) is 9.70. The number of benzene rings is 1. The van der Waals surface area contributed by atoms with Crippen molar-refractivity contribution in [2.75, 3.05) is 0 Å². The summed E-state index contributed by atoms with van der Waals surface area (Å²) in [4.78, 5) is 11.7. The first-order valence-electron chi connectivity index (χ1n) is 5.43. The van der Waals surface area contributed by atoms with Crippen molar-refractivity contribution in [3.63, 3.8) is 0 Å². The highest BCUT2D eigenvalue weighted by Crippen LogP contribution is 2.18. The highest BCUT2D eigenvalue weighted by Gasteiger charge is 2.08. The highest BCUT2D eigenvalue weighted by atomic mass is 19.1. The van der Waals surface area contributed by atoms with Crippen molar-refractivity contribution >= 4 is 0 Å². The Kier molecular flexibility index (Phi) is 3.04. The molecule has 17 heavy (non-hydrogen) atoms. The third-order valence-electron chi connectivity index (χ3n) is 2.57. The molecule has 0 fully saturated rings. The number of aromatic amines is 1. The van der Waals surface area contributed by atoms with Gasteiger partial charge in [-0.05, 0) is 29.7 Å². The van der Waals surface area contributed by atoms with Crippen molar-refractivity contribution in [2.45, 2.75) is 19.8 Å². The average molecular weight is 232 g/mol. The van der Waals surface area contributed by atoms with E-state index in [9.17, 15) is 9.18 Å². The van der Waals surface area contributed by atoms with Crippen LogP contribution in [0.1, 0.15) is 25.5 Å². The molecular formula is C13H13FN2O. The lowest BCUT2D eigenvalue weighted by molar-refractivity contribution is 0.628. The molecule has 0 amide bonds. The number of hydrogen-bond donors (Lipinski definition) is 1. The second kappa shape index (κ2) is 4.49. The molecule has 0 aliphatic rings. The summed E-state index contributed by atoms with van der Waals surface area (Å²) in [5.74, 6) is -0.0885. The van der Waals surface area contributed by atoms with Gasteiger partial charge in [0, 0.05) is 0 Å². The number of aromatic nitrogens is 2. The molecule has 2 aromatic rings. The van der Waals surface area contributed by atoms with Gasteiger partial charge in [-0.25, -0.2) is 9.49 Å². The molecule has 3 nitrogen and oxygen atoms in total. The van der Waals surface area contributed by atoms with E-state index in [1.807, 2.05) is 13.8 Å². The van der Waals surface area contributed by atoms with Gasteiger partial charge >= 0.3 is 0 Å². The van der Waals surface area contributed by atoms with E-state index < -0.39 is 0 Å². The first-order chi connectivity index (χ1) is 8.08. The van der Waals surface area contributed by atoms with E-state index in [0.29, 0.717) is 11.1 Å². The quantitative estimate of drug-likeness (QED) is 0.865. The van der Waals surface area contributed by atoms with Crippen LogP contribution in [-0.2, 0) is 0 Å². The van der Waals surface area contributed by atoms with Crippen molar-refractivity contribution < 1.29 is 4.39 Å². The van der Waals surface area contributed by atoms with E-state index in [-0.39, 0.29) is 17.3 Å². The zero-order chi connectivity index (χ0) is 12.4. The molecule has 0 saturated carbocycles. The number of halogens is 1. The van der Waals surface area contributed by atoms with E-state index in [4.69, 9.17) is 0 Å². The van der Waals surface area contributed by atoms with Crippen LogP contribution in [0.5, 0.6) is 0 Å². The van der Waals surface area contributed by atoms with Crippen molar-refractivity contribution in [1.29, 1.82) is 0 Å². The van der Waals surface area contributed by atoms with Crippen molar-refractivity contribution in [3.8, 4) is 11.1 Å². The predicted molar refractivity (Wildman–Crippen MR) is 64.3 cm³/mol. The van der Waals surface area contributed by atoms with Crippen LogP contribution in [0.4, 0.5) is 4.39 Å². The second-order valence-corrected chi connectivity index (χ2v) is 4.20. The Morgan fingerprint density at radius 3 is 2.47 bits per heavy atom. The average Bonchev–Trinajstić information content (AvgIpc) is 2.31. The standard InChI is InChI=1S/C13H13FN2O/c1-8(2)12-7-11(13(17)16-15-12)9-3-5-10(14)6-4-9/h3-8H,1-2H3,(H,16,17). The van der Waals surface area contributed by atoms with Crippen LogP contribution in [0.25, 0.3) is 11.1 Å². The number of hydrogen-bond acceptors (Lipinski definition) is 2. The minimum Gasteiger partial charge on any atom is -0.267 e. The maximum Gasteiger partial charge on any atom is 0.272 e. The molecule has 0 spiro atoms. The van der Waals surface area contributed by atoms with Gasteiger partial charge < -0.3 is 0 Å². The third kappa shape index (κ3) is 2.41. The van der Waals surface area contributed by atoms with Gasteiger partial charge in [0.1, 0.15) is 5.82 Å². The fourth-order valence-corrected chi connectivity index (χ4v) is 1.56. The van der Waals surface area contributed by atoms with Crippen molar-refractivity contribution in [1.82, 2.24) is 10.2 Å². The van der Waals surface area contributed by atoms with Crippen LogP contribution < -0.4 is 5.56 Å². The fourth-order valence-electron chi connectivity index (χ4n) is 1.56. The van der Waals surface area contributed by atoms with Crippen LogP contribution in [0.2, 0.25) is 0 Å². The summed E-state index contributed by atoms with van der Waals surface area (Å²) in [5, 5.41) is 6.43. The summed E-state index contributed by atoms with van der Waals surface area (Å²) < 4.78 is 12.8. The van der Waals surface area contributed by atoms with Gasteiger partial charge in [0.05, 0.1) is 11.3 Å². The van der Waals surface area contributed by atoms with Gasteiger partial charge in [-0.3, -0.25) is 4.79 Å². The first kappa shape index (κ1) is 11.5. The maximum absolute atomic E-state index is 12.8. The van der Waals surface area contributed by atoms with Crippen LogP contribution in [0.3, 0.4) is 0 Å². The van der Waals surface area contributed by atoms with E-state index in [1.165, 1.54) is 12.1 Å². The summed E-state index contributed by atoms with van der Waals surface area (Å²) >= 11 is 0. The molecule has 4 heteroatoms. The lowest BCUT2D eigenvalue weighted by atomic mass is 10.0. The lowest BCUT2D eigenvalue weighted by Gasteiger charge is -2.06. The van der Waals surface area contributed by atoms with Gasteiger partial charge in [-0.2, -0.15) is 5.10 Å². The summed E-state index contributed by atoms with van der Waals surface area (Å²) in [7, 11) is 0. The van der Waals surface area contributed by atoms with Gasteiger partial charge in [0.2, 0.25) is 0 Å². The normalized spacial score (nSPS) is 10.8. The smallest absolute Gasteiger partial charge is 0.267 e. The van der Waals surface area contributed by atoms with Gasteiger partial charge in [-0.1, -0.05) is 26.0 Å². The number of H-pyrrole nitrogens is 1. The van der Waals surface area contributed by atoms with E-state index in [1.54, 1.807) is 18.2 Å². The Balaban J connectivity index is 2.54. The number of nitrogens with one attached hydrogen (secondary N) is 1. The molecule has 1 aromatic carbocycles. The minimum absolute atomic E-state index is 0.228. The Bertz CT molecular complexity index is 573. The van der Waals surface area contributed by atoms with Crippen molar-refractivity contribution in [3.05, 3.63) is 52.2 Å². The summed E-state index contributed by atoms with van der Waals surface area (Å²) in [6, 6.07) is 7.60. The van der Waals surface area contributed by atoms with Crippen LogP contribution in [-0.4, -0.2) is 10.2 Å². The van der Waals surface area contributed by atoms with Gasteiger partial charge in [0.25, 0.3) is 5.56 Å². The van der Waals surface area contributed by atoms with Crippen molar-refractivity contribution in [2.24, 2.45) is 0 Å². The molecular weight excluding hydrogens is 219 g/mol. The van der Waals surface area contributed by atoms with Gasteiger partial charge in [-0.15, -0.1) is 0 Å². The molecule has 0 atom stereocenters. The molecule has 0 unspecified atom stereocenters. The molecule has 0 aliphatic heterocycles. The molecule has 0 bridgehead atoms. The number of rotatable bonds is 2. The Hall–Kier alpha value is -1.97. The van der Waals surface area contributed by atoms with Crippen LogP contribution in [0.15, 0.2) is 35.1 Å². The maximum atomic E-state index is 12.8. The fraction of sp³-hybridized carbons (Fsp3) is 0.231. The SMILES string of the molecule is CC(C)c1cc(-c2ccc(F)cc2)c(=O)[nH]n1. The van der Waals surface area contributed by atoms with Crippen LogP contribution in [0, 0.1) is 5.82 Å². The van der Waals surface area contributed by atoms with E-state index in [2.05, 4.69) is 10.2 Å². The molecule has 88 valence electrons. The molecule has 1 aromatic heterocycles. The van der Waals surface area contributed by atoms with Crippen LogP contribution >= 0.6 is 0 Å². The topological polar surface area (TPSA) is 45.8 Å². The highest BCUT2D eigenvalue weighted by molar-refractivity contribution is 5.62. The molecule has 0 aliphatic carbocycles. The van der Waals surface area contributed by atoms with E-state index >= 15 is 0 Å². The Morgan fingerprint density at radius 1 is 1.24 bits per heavy atom. The minimum atomic E-state index is -0.316. The first-order valence-corrected chi connectivity index (χ1v) is 5.43. The third-order valence-corrected chi connectivity index (χ3v) is 2.57. The number of nitrogens with zero attached hydrogens (tertiary/aromatic N) is 1. The molecule has 0 saturated heterocycles. The summed E-state index contributed by atoms with van der Waals surface area (Å²) in [6.07, 6.45) is 0. The predicted octanol–water partition coefficient (Wildman–Crippen LogP) is 2.70. The monoisotopic (exact) mass is 232 g/mol. The Morgan fingerprint density at radius 2 is 1.88 bits per heavy atom. The van der Waals surface area contributed by atoms with E-state index in [0.717, 1.165) is 5.69 Å². The molecule has 1 N–H and O–H groups in total. The zero-order valence-electron chi connectivity index (χ0n) is 9.70. The second-order valence-electron chi connectivity index (χ2n) is 4.20. The summed E-state index contributed by atoms with van der Waals surface area (Å²) in [5.41, 5.74) is 1.76. The molecule has 2 rings (SSSR count).